The highest BCUT2D eigenvalue weighted by atomic mass is 16.5. The number of hydrogen-bond acceptors (Lipinski definition) is 5. The van der Waals surface area contributed by atoms with Gasteiger partial charge in [0.05, 0.1) is 18.5 Å². The van der Waals surface area contributed by atoms with Gasteiger partial charge in [-0.3, -0.25) is 9.78 Å². The molecular weight excluding hydrogens is 340 g/mol. The van der Waals surface area contributed by atoms with Crippen molar-refractivity contribution >= 4 is 5.91 Å². The lowest BCUT2D eigenvalue weighted by atomic mass is 9.98. The van der Waals surface area contributed by atoms with Crippen molar-refractivity contribution in [2.45, 2.75) is 19.9 Å². The summed E-state index contributed by atoms with van der Waals surface area (Å²) in [7, 11) is 1.65. The minimum absolute atomic E-state index is 0.0671. The van der Waals surface area contributed by atoms with Crippen LogP contribution in [-0.4, -0.2) is 39.4 Å². The Bertz CT molecular complexity index is 971. The molecule has 0 atom stereocenters. The second kappa shape index (κ2) is 7.15. The first-order valence-corrected chi connectivity index (χ1v) is 8.87. The van der Waals surface area contributed by atoms with E-state index in [9.17, 15) is 4.79 Å². The van der Waals surface area contributed by atoms with Gasteiger partial charge in [0.2, 0.25) is 0 Å². The molecule has 0 fully saturated rings. The molecule has 0 saturated carbocycles. The summed E-state index contributed by atoms with van der Waals surface area (Å²) in [4.78, 5) is 28.1. The van der Waals surface area contributed by atoms with E-state index in [0.717, 1.165) is 34.1 Å². The minimum Gasteiger partial charge on any atom is -0.497 e. The van der Waals surface area contributed by atoms with Crippen molar-refractivity contribution < 1.29 is 9.53 Å². The number of pyridine rings is 1. The molecule has 1 aliphatic rings. The maximum Gasteiger partial charge on any atom is 0.272 e. The van der Waals surface area contributed by atoms with Crippen molar-refractivity contribution in [3.63, 3.8) is 0 Å². The first kappa shape index (κ1) is 17.1. The van der Waals surface area contributed by atoms with Crippen LogP contribution in [0.4, 0.5) is 0 Å². The Labute approximate surface area is 157 Å². The van der Waals surface area contributed by atoms with Crippen LogP contribution in [0.1, 0.15) is 27.6 Å². The molecule has 3 aromatic rings. The van der Waals surface area contributed by atoms with Crippen molar-refractivity contribution in [1.29, 1.82) is 0 Å². The molecule has 27 heavy (non-hydrogen) atoms. The van der Waals surface area contributed by atoms with E-state index < -0.39 is 0 Å². The summed E-state index contributed by atoms with van der Waals surface area (Å²) in [5.74, 6) is 1.47. The fraction of sp³-hybridized carbons (Fsp3) is 0.238. The normalized spacial score (nSPS) is 13.2. The van der Waals surface area contributed by atoms with Gasteiger partial charge in [-0.2, -0.15) is 0 Å². The molecule has 2 aromatic heterocycles. The molecule has 0 radical (unpaired) electrons. The number of carbonyl (C=O) groups is 1. The number of ether oxygens (including phenoxy) is 1. The van der Waals surface area contributed by atoms with Crippen molar-refractivity contribution in [2.75, 3.05) is 13.7 Å². The third-order valence-electron chi connectivity index (χ3n) is 4.71. The Kier molecular flexibility index (Phi) is 4.54. The summed E-state index contributed by atoms with van der Waals surface area (Å²) in [6.07, 6.45) is 2.35. The first-order valence-electron chi connectivity index (χ1n) is 8.87. The summed E-state index contributed by atoms with van der Waals surface area (Å²) in [6, 6.07) is 13.2. The van der Waals surface area contributed by atoms with Crippen LogP contribution in [0.2, 0.25) is 0 Å². The molecule has 1 aromatic carbocycles. The number of benzene rings is 1. The zero-order valence-electron chi connectivity index (χ0n) is 15.3. The average Bonchev–Trinajstić information content (AvgIpc) is 2.73. The van der Waals surface area contributed by atoms with Gasteiger partial charge < -0.3 is 9.64 Å². The molecule has 0 saturated heterocycles. The number of fused-ring (bicyclic) bond motifs is 1. The number of aryl methyl sites for hydroxylation is 1. The highest BCUT2D eigenvalue weighted by molar-refractivity contribution is 5.92. The molecule has 0 N–H and O–H groups in total. The summed E-state index contributed by atoms with van der Waals surface area (Å²) >= 11 is 0. The minimum atomic E-state index is -0.0671. The van der Waals surface area contributed by atoms with E-state index in [1.165, 1.54) is 0 Å². The third-order valence-corrected chi connectivity index (χ3v) is 4.71. The van der Waals surface area contributed by atoms with Crippen molar-refractivity contribution in [3.05, 3.63) is 71.4 Å². The maximum atomic E-state index is 12.8. The molecule has 6 heteroatoms. The van der Waals surface area contributed by atoms with Crippen LogP contribution in [0.3, 0.4) is 0 Å². The second-order valence-corrected chi connectivity index (χ2v) is 6.46. The topological polar surface area (TPSA) is 68.2 Å². The lowest BCUT2D eigenvalue weighted by Gasteiger charge is -2.29. The van der Waals surface area contributed by atoms with Gasteiger partial charge in [0.15, 0.2) is 0 Å². The van der Waals surface area contributed by atoms with Gasteiger partial charge >= 0.3 is 0 Å². The van der Waals surface area contributed by atoms with Crippen LogP contribution in [0.15, 0.2) is 48.7 Å². The number of hydrogen-bond donors (Lipinski definition) is 0. The van der Waals surface area contributed by atoms with Gasteiger partial charge in [-0.25, -0.2) is 9.97 Å². The molecule has 6 nitrogen and oxygen atoms in total. The van der Waals surface area contributed by atoms with Crippen LogP contribution in [0, 0.1) is 6.92 Å². The van der Waals surface area contributed by atoms with Crippen LogP contribution >= 0.6 is 0 Å². The standard InChI is InChI=1S/C21H20N4O2/c1-14-23-18-10-12-25(21(26)19-5-3-4-11-22-19)13-17(18)20(24-14)15-6-8-16(27-2)9-7-15/h3-9,11H,10,12-13H2,1-2H3. The summed E-state index contributed by atoms with van der Waals surface area (Å²) < 4.78 is 5.25. The van der Waals surface area contributed by atoms with Crippen LogP contribution in [0.25, 0.3) is 11.3 Å². The zero-order chi connectivity index (χ0) is 18.8. The predicted molar refractivity (Wildman–Crippen MR) is 101 cm³/mol. The van der Waals surface area contributed by atoms with Crippen LogP contribution in [0.5, 0.6) is 5.75 Å². The van der Waals surface area contributed by atoms with E-state index in [1.54, 1.807) is 25.4 Å². The Hall–Kier alpha value is -3.28. The number of aromatic nitrogens is 3. The zero-order valence-corrected chi connectivity index (χ0v) is 15.3. The van der Waals surface area contributed by atoms with Gasteiger partial charge in [0, 0.05) is 36.8 Å². The monoisotopic (exact) mass is 360 g/mol. The molecule has 0 aliphatic carbocycles. The van der Waals surface area contributed by atoms with Crippen LogP contribution < -0.4 is 4.74 Å². The van der Waals surface area contributed by atoms with E-state index in [2.05, 4.69) is 15.0 Å². The van der Waals surface area contributed by atoms with Crippen molar-refractivity contribution in [2.24, 2.45) is 0 Å². The van der Waals surface area contributed by atoms with Crippen LogP contribution in [-0.2, 0) is 13.0 Å². The Morgan fingerprint density at radius 2 is 1.93 bits per heavy atom. The Morgan fingerprint density at radius 1 is 1.11 bits per heavy atom. The first-order chi connectivity index (χ1) is 13.2. The average molecular weight is 360 g/mol. The molecule has 1 amide bonds. The van der Waals surface area contributed by atoms with E-state index in [1.807, 2.05) is 42.2 Å². The number of amides is 1. The SMILES string of the molecule is COc1ccc(-c2nc(C)nc3c2CN(C(=O)c2ccccn2)CC3)cc1. The molecule has 0 spiro atoms. The number of methoxy groups -OCH3 is 1. The molecule has 136 valence electrons. The molecule has 1 aliphatic heterocycles. The number of nitrogens with zero attached hydrogens (tertiary/aromatic N) is 4. The number of rotatable bonds is 3. The summed E-state index contributed by atoms with van der Waals surface area (Å²) in [6.45, 7) is 3.01. The fourth-order valence-corrected chi connectivity index (χ4v) is 3.35. The third kappa shape index (κ3) is 3.38. The van der Waals surface area contributed by atoms with E-state index in [4.69, 9.17) is 4.74 Å². The lowest BCUT2D eigenvalue weighted by Crippen LogP contribution is -2.37. The molecule has 0 bridgehead atoms. The second-order valence-electron chi connectivity index (χ2n) is 6.46. The Morgan fingerprint density at radius 3 is 2.63 bits per heavy atom. The van der Waals surface area contributed by atoms with E-state index in [-0.39, 0.29) is 5.91 Å². The summed E-state index contributed by atoms with van der Waals surface area (Å²) in [5.41, 5.74) is 4.34. The van der Waals surface area contributed by atoms with Gasteiger partial charge in [0.25, 0.3) is 5.91 Å². The lowest BCUT2D eigenvalue weighted by molar-refractivity contribution is 0.0727. The molecule has 4 rings (SSSR count). The van der Waals surface area contributed by atoms with Gasteiger partial charge in [-0.15, -0.1) is 0 Å². The molecule has 0 unspecified atom stereocenters. The van der Waals surface area contributed by atoms with Gasteiger partial charge in [0.1, 0.15) is 17.3 Å². The van der Waals surface area contributed by atoms with Gasteiger partial charge in [-0.05, 0) is 43.3 Å². The predicted octanol–water partition coefficient (Wildman–Crippen LogP) is 3.05. The quantitative estimate of drug-likeness (QED) is 0.718. The summed E-state index contributed by atoms with van der Waals surface area (Å²) in [5, 5.41) is 0. The highest BCUT2D eigenvalue weighted by Gasteiger charge is 2.26. The van der Waals surface area contributed by atoms with Crippen molar-refractivity contribution in [3.8, 4) is 17.0 Å². The smallest absolute Gasteiger partial charge is 0.272 e. The maximum absolute atomic E-state index is 12.8. The highest BCUT2D eigenvalue weighted by Crippen LogP contribution is 2.29. The van der Waals surface area contributed by atoms with E-state index >= 15 is 0 Å². The number of carbonyl (C=O) groups excluding carboxylic acids is 1. The van der Waals surface area contributed by atoms with Crippen molar-refractivity contribution in [1.82, 2.24) is 19.9 Å². The molecule has 3 heterocycles. The Balaban J connectivity index is 1.70. The fourth-order valence-electron chi connectivity index (χ4n) is 3.35. The largest absolute Gasteiger partial charge is 0.497 e. The van der Waals surface area contributed by atoms with E-state index in [0.29, 0.717) is 25.2 Å². The van der Waals surface area contributed by atoms with Gasteiger partial charge in [-0.1, -0.05) is 6.07 Å². The molecular formula is C21H20N4O2.